The second-order valence-electron chi connectivity index (χ2n) is 3.19. The predicted molar refractivity (Wildman–Crippen MR) is 46.3 cm³/mol. The third-order valence-corrected chi connectivity index (χ3v) is 1.79. The van der Waals surface area contributed by atoms with Crippen LogP contribution < -0.4 is 0 Å². The molecule has 1 aliphatic rings. The van der Waals surface area contributed by atoms with Gasteiger partial charge in [-0.05, 0) is 14.1 Å². The Hall–Kier alpha value is -0.600. The van der Waals surface area contributed by atoms with Gasteiger partial charge in [-0.1, -0.05) is 24.3 Å². The lowest BCUT2D eigenvalue weighted by Gasteiger charge is -2.22. The zero-order valence-corrected chi connectivity index (χ0v) is 7.07. The van der Waals surface area contributed by atoms with Crippen LogP contribution in [0.5, 0.6) is 0 Å². The molecule has 62 valence electrons. The molecule has 0 heterocycles. The standard InChI is InChI=1S/C9H15NO/c1-10(2)7-8-5-3-4-6-9(8)11/h3-6,8-9,11H,7H2,1-2H3. The van der Waals surface area contributed by atoms with Gasteiger partial charge in [-0.3, -0.25) is 0 Å². The molecule has 0 radical (unpaired) electrons. The van der Waals surface area contributed by atoms with E-state index in [0.717, 1.165) is 6.54 Å². The van der Waals surface area contributed by atoms with Crippen LogP contribution in [0.15, 0.2) is 24.3 Å². The van der Waals surface area contributed by atoms with E-state index in [0.29, 0.717) is 0 Å². The van der Waals surface area contributed by atoms with E-state index in [1.807, 2.05) is 38.4 Å². The summed E-state index contributed by atoms with van der Waals surface area (Å²) in [6.45, 7) is 0.905. The maximum absolute atomic E-state index is 9.45. The minimum Gasteiger partial charge on any atom is -0.388 e. The first-order valence-corrected chi connectivity index (χ1v) is 3.88. The number of hydrogen-bond acceptors (Lipinski definition) is 2. The zero-order valence-electron chi connectivity index (χ0n) is 7.07. The monoisotopic (exact) mass is 153 g/mol. The third kappa shape index (κ3) is 2.48. The van der Waals surface area contributed by atoms with Crippen LogP contribution in [0.4, 0.5) is 0 Å². The second-order valence-corrected chi connectivity index (χ2v) is 3.19. The molecule has 1 aliphatic carbocycles. The van der Waals surface area contributed by atoms with E-state index >= 15 is 0 Å². The number of hydrogen-bond donors (Lipinski definition) is 1. The topological polar surface area (TPSA) is 23.5 Å². The molecule has 2 nitrogen and oxygen atoms in total. The van der Waals surface area contributed by atoms with Gasteiger partial charge in [-0.25, -0.2) is 0 Å². The summed E-state index contributed by atoms with van der Waals surface area (Å²) in [6, 6.07) is 0. The van der Waals surface area contributed by atoms with Crippen molar-refractivity contribution in [2.45, 2.75) is 6.10 Å². The molecule has 2 atom stereocenters. The summed E-state index contributed by atoms with van der Waals surface area (Å²) in [5, 5.41) is 9.45. The largest absolute Gasteiger partial charge is 0.388 e. The molecule has 0 aromatic heterocycles. The van der Waals surface area contributed by atoms with Gasteiger partial charge < -0.3 is 10.0 Å². The molecule has 0 bridgehead atoms. The van der Waals surface area contributed by atoms with E-state index in [9.17, 15) is 5.11 Å². The number of aliphatic hydroxyl groups is 1. The minimum atomic E-state index is -0.303. The van der Waals surface area contributed by atoms with Crippen LogP contribution in [-0.2, 0) is 0 Å². The van der Waals surface area contributed by atoms with Crippen molar-refractivity contribution in [1.29, 1.82) is 0 Å². The van der Waals surface area contributed by atoms with Gasteiger partial charge in [0.2, 0.25) is 0 Å². The quantitative estimate of drug-likeness (QED) is 0.629. The average molecular weight is 153 g/mol. The number of allylic oxidation sites excluding steroid dienone is 2. The Morgan fingerprint density at radius 1 is 1.27 bits per heavy atom. The molecule has 0 aromatic carbocycles. The van der Waals surface area contributed by atoms with E-state index in [-0.39, 0.29) is 12.0 Å². The van der Waals surface area contributed by atoms with Crippen LogP contribution in [0.1, 0.15) is 0 Å². The van der Waals surface area contributed by atoms with Gasteiger partial charge in [0.1, 0.15) is 0 Å². The molecule has 0 fully saturated rings. The predicted octanol–water partition coefficient (Wildman–Crippen LogP) is 0.651. The Labute approximate surface area is 67.8 Å². The molecule has 0 aromatic rings. The van der Waals surface area contributed by atoms with Gasteiger partial charge in [0.15, 0.2) is 0 Å². The highest BCUT2D eigenvalue weighted by Crippen LogP contribution is 2.12. The maximum Gasteiger partial charge on any atom is 0.0798 e. The second kappa shape index (κ2) is 3.69. The molecular weight excluding hydrogens is 138 g/mol. The molecule has 11 heavy (non-hydrogen) atoms. The summed E-state index contributed by atoms with van der Waals surface area (Å²) in [4.78, 5) is 2.08. The van der Waals surface area contributed by atoms with E-state index in [4.69, 9.17) is 0 Å². The molecular formula is C9H15NO. The van der Waals surface area contributed by atoms with Gasteiger partial charge >= 0.3 is 0 Å². The lowest BCUT2D eigenvalue weighted by Crippen LogP contribution is -2.29. The normalized spacial score (nSPS) is 29.8. The molecule has 0 saturated carbocycles. The molecule has 1 N–H and O–H groups in total. The van der Waals surface area contributed by atoms with Crippen LogP contribution >= 0.6 is 0 Å². The number of nitrogens with zero attached hydrogens (tertiary/aromatic N) is 1. The van der Waals surface area contributed by atoms with Crippen LogP contribution in [0, 0.1) is 5.92 Å². The van der Waals surface area contributed by atoms with Crippen LogP contribution in [0.2, 0.25) is 0 Å². The Balaban J connectivity index is 2.45. The zero-order chi connectivity index (χ0) is 8.27. The summed E-state index contributed by atoms with van der Waals surface area (Å²) in [7, 11) is 4.03. The van der Waals surface area contributed by atoms with Gasteiger partial charge in [-0.15, -0.1) is 0 Å². The Morgan fingerprint density at radius 3 is 2.45 bits per heavy atom. The summed E-state index contributed by atoms with van der Waals surface area (Å²) in [6.07, 6.45) is 7.44. The molecule has 0 aliphatic heterocycles. The molecule has 1 rings (SSSR count). The summed E-state index contributed by atoms with van der Waals surface area (Å²) in [5.41, 5.74) is 0. The highest BCUT2D eigenvalue weighted by atomic mass is 16.3. The van der Waals surface area contributed by atoms with Gasteiger partial charge in [-0.2, -0.15) is 0 Å². The van der Waals surface area contributed by atoms with Crippen molar-refractivity contribution in [3.63, 3.8) is 0 Å². The van der Waals surface area contributed by atoms with Crippen molar-refractivity contribution < 1.29 is 5.11 Å². The molecule has 0 saturated heterocycles. The van der Waals surface area contributed by atoms with E-state index in [1.54, 1.807) is 0 Å². The van der Waals surface area contributed by atoms with E-state index in [2.05, 4.69) is 4.90 Å². The first kappa shape index (κ1) is 8.50. The molecule has 0 spiro atoms. The fourth-order valence-electron chi connectivity index (χ4n) is 1.23. The highest BCUT2D eigenvalue weighted by molar-refractivity contribution is 5.15. The molecule has 2 unspecified atom stereocenters. The van der Waals surface area contributed by atoms with E-state index in [1.165, 1.54) is 0 Å². The van der Waals surface area contributed by atoms with Crippen LogP contribution in [0.3, 0.4) is 0 Å². The SMILES string of the molecule is CN(C)CC1C=CC=CC1O. The van der Waals surface area contributed by atoms with Crippen molar-refractivity contribution >= 4 is 0 Å². The third-order valence-electron chi connectivity index (χ3n) is 1.79. The van der Waals surface area contributed by atoms with Crippen molar-refractivity contribution in [3.8, 4) is 0 Å². The fourth-order valence-corrected chi connectivity index (χ4v) is 1.23. The Kier molecular flexibility index (Phi) is 2.85. The lowest BCUT2D eigenvalue weighted by molar-refractivity contribution is 0.154. The summed E-state index contributed by atoms with van der Waals surface area (Å²) in [5.74, 6) is 0.259. The highest BCUT2D eigenvalue weighted by Gasteiger charge is 2.15. The average Bonchev–Trinajstić information content (AvgIpc) is 1.93. The fraction of sp³-hybridized carbons (Fsp3) is 0.556. The summed E-state index contributed by atoms with van der Waals surface area (Å²) >= 11 is 0. The maximum atomic E-state index is 9.45. The van der Waals surface area contributed by atoms with Crippen molar-refractivity contribution in [2.24, 2.45) is 5.92 Å². The van der Waals surface area contributed by atoms with Gasteiger partial charge in [0.25, 0.3) is 0 Å². The minimum absolute atomic E-state index is 0.259. The van der Waals surface area contributed by atoms with Gasteiger partial charge in [0.05, 0.1) is 6.10 Å². The molecule has 2 heteroatoms. The Bertz CT molecular complexity index is 172. The van der Waals surface area contributed by atoms with Crippen LogP contribution in [0.25, 0.3) is 0 Å². The van der Waals surface area contributed by atoms with Crippen molar-refractivity contribution in [2.75, 3.05) is 20.6 Å². The smallest absolute Gasteiger partial charge is 0.0798 e. The first-order valence-electron chi connectivity index (χ1n) is 3.88. The Morgan fingerprint density at radius 2 is 1.91 bits per heavy atom. The van der Waals surface area contributed by atoms with Crippen LogP contribution in [-0.4, -0.2) is 36.8 Å². The molecule has 0 amide bonds. The van der Waals surface area contributed by atoms with E-state index < -0.39 is 0 Å². The summed E-state index contributed by atoms with van der Waals surface area (Å²) < 4.78 is 0. The lowest BCUT2D eigenvalue weighted by atomic mass is 9.97. The van der Waals surface area contributed by atoms with Gasteiger partial charge in [0, 0.05) is 12.5 Å². The number of aliphatic hydroxyl groups excluding tert-OH is 1. The van der Waals surface area contributed by atoms with Crippen molar-refractivity contribution in [1.82, 2.24) is 4.90 Å². The number of rotatable bonds is 2. The first-order chi connectivity index (χ1) is 5.20. The van der Waals surface area contributed by atoms with Crippen molar-refractivity contribution in [3.05, 3.63) is 24.3 Å².